The average molecular weight is 318 g/mol. The van der Waals surface area contributed by atoms with E-state index in [0.29, 0.717) is 17.3 Å². The van der Waals surface area contributed by atoms with Gasteiger partial charge in [0.2, 0.25) is 0 Å². The lowest BCUT2D eigenvalue weighted by atomic mass is 10.0. The van der Waals surface area contributed by atoms with Gasteiger partial charge in [-0.1, -0.05) is 33.3 Å². The summed E-state index contributed by atoms with van der Waals surface area (Å²) < 4.78 is 0.789. The van der Waals surface area contributed by atoms with Crippen molar-refractivity contribution in [2.75, 3.05) is 5.33 Å². The van der Waals surface area contributed by atoms with Crippen LogP contribution < -0.4 is 4.87 Å². The van der Waals surface area contributed by atoms with Crippen molar-refractivity contribution >= 4 is 37.5 Å². The minimum Gasteiger partial charge on any atom is -0.390 e. The van der Waals surface area contributed by atoms with Crippen molar-refractivity contribution in [1.82, 2.24) is 4.98 Å². The van der Waals surface area contributed by atoms with Crippen LogP contribution in [-0.4, -0.2) is 26.6 Å². The number of halogens is 1. The van der Waals surface area contributed by atoms with Gasteiger partial charge in [0.15, 0.2) is 0 Å². The van der Waals surface area contributed by atoms with Gasteiger partial charge >= 0.3 is 4.87 Å². The smallest absolute Gasteiger partial charge is 0.305 e. The van der Waals surface area contributed by atoms with Crippen LogP contribution in [0.4, 0.5) is 0 Å². The van der Waals surface area contributed by atoms with Crippen LogP contribution in [-0.2, 0) is 0 Å². The predicted octanol–water partition coefficient (Wildman–Crippen LogP) is 1.77. The minimum atomic E-state index is -0.922. The summed E-state index contributed by atoms with van der Waals surface area (Å²) in [7, 11) is 0. The third kappa shape index (κ3) is 2.77. The van der Waals surface area contributed by atoms with Gasteiger partial charge in [0, 0.05) is 5.33 Å². The number of fused-ring (bicyclic) bond motifs is 1. The highest BCUT2D eigenvalue weighted by molar-refractivity contribution is 9.09. The molecule has 0 radical (unpaired) electrons. The molecule has 2 rings (SSSR count). The summed E-state index contributed by atoms with van der Waals surface area (Å²) >= 11 is 4.31. The maximum absolute atomic E-state index is 11.2. The molecule has 2 atom stereocenters. The molecule has 0 aliphatic rings. The number of alkyl halides is 1. The molecule has 0 aliphatic heterocycles. The number of aromatic nitrogens is 1. The molecule has 17 heavy (non-hydrogen) atoms. The molecule has 0 spiro atoms. The maximum atomic E-state index is 11.2. The molecule has 6 heteroatoms. The molecule has 1 aromatic heterocycles. The Hall–Kier alpha value is -0.690. The second kappa shape index (κ2) is 5.30. The fourth-order valence-corrected chi connectivity index (χ4v) is 2.89. The number of hydrogen-bond donors (Lipinski definition) is 3. The van der Waals surface area contributed by atoms with E-state index in [1.807, 2.05) is 0 Å². The van der Waals surface area contributed by atoms with Crippen LogP contribution in [0.25, 0.3) is 10.2 Å². The second-order valence-corrected chi connectivity index (χ2v) is 5.57. The van der Waals surface area contributed by atoms with Crippen LogP contribution in [0.5, 0.6) is 0 Å². The number of thiazole rings is 1. The number of aliphatic hydroxyl groups is 2. The Morgan fingerprint density at radius 2 is 2.18 bits per heavy atom. The SMILES string of the molecule is O=c1[nH]c2ccc(C(O)C(O)CCBr)cc2s1. The van der Waals surface area contributed by atoms with Crippen molar-refractivity contribution in [1.29, 1.82) is 0 Å². The summed E-state index contributed by atoms with van der Waals surface area (Å²) in [4.78, 5) is 13.7. The zero-order chi connectivity index (χ0) is 12.4. The summed E-state index contributed by atoms with van der Waals surface area (Å²) in [5, 5.41) is 20.3. The quantitative estimate of drug-likeness (QED) is 0.752. The third-order valence-electron chi connectivity index (χ3n) is 2.56. The molecular formula is C11H12BrNO3S. The molecule has 0 fully saturated rings. The van der Waals surface area contributed by atoms with Gasteiger partial charge in [-0.3, -0.25) is 4.79 Å². The van der Waals surface area contributed by atoms with Crippen LogP contribution in [0.1, 0.15) is 18.1 Å². The van der Waals surface area contributed by atoms with Crippen LogP contribution >= 0.6 is 27.3 Å². The van der Waals surface area contributed by atoms with E-state index in [2.05, 4.69) is 20.9 Å². The Balaban J connectivity index is 2.32. The fraction of sp³-hybridized carbons (Fsp3) is 0.364. The number of aromatic amines is 1. The van der Waals surface area contributed by atoms with Gasteiger partial charge in [-0.2, -0.15) is 0 Å². The van der Waals surface area contributed by atoms with E-state index in [9.17, 15) is 15.0 Å². The summed E-state index contributed by atoms with van der Waals surface area (Å²) in [6.07, 6.45) is -1.25. The molecule has 4 nitrogen and oxygen atoms in total. The van der Waals surface area contributed by atoms with Crippen LogP contribution in [0.15, 0.2) is 23.0 Å². The molecule has 3 N–H and O–H groups in total. The van der Waals surface area contributed by atoms with Crippen molar-refractivity contribution in [2.45, 2.75) is 18.6 Å². The lowest BCUT2D eigenvalue weighted by Gasteiger charge is -2.17. The number of nitrogens with one attached hydrogen (secondary N) is 1. The Labute approximate surface area is 110 Å². The Morgan fingerprint density at radius 3 is 2.88 bits per heavy atom. The number of rotatable bonds is 4. The summed E-state index contributed by atoms with van der Waals surface area (Å²) in [5.41, 5.74) is 1.38. The average Bonchev–Trinajstić information content (AvgIpc) is 2.67. The molecule has 1 aromatic carbocycles. The zero-order valence-electron chi connectivity index (χ0n) is 8.89. The molecule has 0 amide bonds. The van der Waals surface area contributed by atoms with Gasteiger partial charge in [-0.25, -0.2) is 0 Å². The molecular weight excluding hydrogens is 306 g/mol. The Kier molecular flexibility index (Phi) is 3.98. The normalized spacial score (nSPS) is 15.0. The number of hydrogen-bond acceptors (Lipinski definition) is 4. The van der Waals surface area contributed by atoms with E-state index < -0.39 is 12.2 Å². The Morgan fingerprint density at radius 1 is 1.41 bits per heavy atom. The molecule has 2 unspecified atom stereocenters. The molecule has 0 saturated heterocycles. The summed E-state index contributed by atoms with van der Waals surface area (Å²) in [5.74, 6) is 0. The Bertz CT molecular complexity index is 565. The first kappa shape index (κ1) is 12.8. The van der Waals surface area contributed by atoms with Gasteiger partial charge in [0.25, 0.3) is 0 Å². The molecule has 0 saturated carbocycles. The molecule has 0 aliphatic carbocycles. The van der Waals surface area contributed by atoms with E-state index in [0.717, 1.165) is 21.6 Å². The van der Waals surface area contributed by atoms with Gasteiger partial charge in [-0.15, -0.1) is 0 Å². The van der Waals surface area contributed by atoms with Gasteiger partial charge in [0.1, 0.15) is 6.10 Å². The second-order valence-electron chi connectivity index (χ2n) is 3.76. The van der Waals surface area contributed by atoms with E-state index in [4.69, 9.17) is 0 Å². The first-order valence-corrected chi connectivity index (χ1v) is 7.10. The van der Waals surface area contributed by atoms with Gasteiger partial charge in [-0.05, 0) is 24.1 Å². The number of H-pyrrole nitrogens is 1. The largest absolute Gasteiger partial charge is 0.390 e. The number of aliphatic hydroxyl groups excluding tert-OH is 2. The maximum Gasteiger partial charge on any atom is 0.305 e. The van der Waals surface area contributed by atoms with Crippen LogP contribution in [0.2, 0.25) is 0 Å². The van der Waals surface area contributed by atoms with E-state index >= 15 is 0 Å². The standard InChI is InChI=1S/C11H12BrNO3S/c12-4-3-8(14)10(15)6-1-2-7-9(5-6)17-11(16)13-7/h1-2,5,8,10,14-15H,3-4H2,(H,13,16). The zero-order valence-corrected chi connectivity index (χ0v) is 11.3. The monoisotopic (exact) mass is 317 g/mol. The van der Waals surface area contributed by atoms with Crippen molar-refractivity contribution in [3.63, 3.8) is 0 Å². The van der Waals surface area contributed by atoms with Crippen molar-refractivity contribution in [3.05, 3.63) is 33.4 Å². The highest BCUT2D eigenvalue weighted by Gasteiger charge is 2.18. The van der Waals surface area contributed by atoms with Crippen molar-refractivity contribution < 1.29 is 10.2 Å². The van der Waals surface area contributed by atoms with E-state index in [1.54, 1.807) is 18.2 Å². The third-order valence-corrected chi connectivity index (χ3v) is 3.86. The predicted molar refractivity (Wildman–Crippen MR) is 71.8 cm³/mol. The van der Waals surface area contributed by atoms with Gasteiger partial charge < -0.3 is 15.2 Å². The summed E-state index contributed by atoms with van der Waals surface area (Å²) in [6, 6.07) is 5.19. The highest BCUT2D eigenvalue weighted by Crippen LogP contribution is 2.24. The lowest BCUT2D eigenvalue weighted by molar-refractivity contribution is 0.0174. The minimum absolute atomic E-state index is 0.118. The molecule has 0 bridgehead atoms. The topological polar surface area (TPSA) is 73.3 Å². The summed E-state index contributed by atoms with van der Waals surface area (Å²) in [6.45, 7) is 0. The van der Waals surface area contributed by atoms with E-state index in [1.165, 1.54) is 0 Å². The number of benzene rings is 1. The van der Waals surface area contributed by atoms with Crippen molar-refractivity contribution in [3.8, 4) is 0 Å². The highest BCUT2D eigenvalue weighted by atomic mass is 79.9. The molecule has 2 aromatic rings. The van der Waals surface area contributed by atoms with Crippen molar-refractivity contribution in [2.24, 2.45) is 0 Å². The van der Waals surface area contributed by atoms with Gasteiger partial charge in [0.05, 0.1) is 16.3 Å². The molecule has 1 heterocycles. The first-order chi connectivity index (χ1) is 8.11. The van der Waals surface area contributed by atoms with Crippen LogP contribution in [0, 0.1) is 0 Å². The van der Waals surface area contributed by atoms with E-state index in [-0.39, 0.29) is 4.87 Å². The first-order valence-electron chi connectivity index (χ1n) is 5.16. The lowest BCUT2D eigenvalue weighted by Crippen LogP contribution is -2.18. The van der Waals surface area contributed by atoms with Crippen LogP contribution in [0.3, 0.4) is 0 Å². The molecule has 92 valence electrons. The fourth-order valence-electron chi connectivity index (χ4n) is 1.64.